The van der Waals surface area contributed by atoms with E-state index in [2.05, 4.69) is 5.32 Å². The van der Waals surface area contributed by atoms with Crippen molar-refractivity contribution in [2.75, 3.05) is 6.54 Å². The standard InChI is InChI=1S/C17H24N2O4/c1-10(2)14(20)17(3,4)9-18-15(21)11-7-6-8-12-13(11)23-16(22)19(12)5/h6-8,10,14,20H,9H2,1-5H3,(H,18,21). The zero-order chi connectivity index (χ0) is 17.4. The number of aromatic nitrogens is 1. The van der Waals surface area contributed by atoms with E-state index < -0.39 is 17.3 Å². The highest BCUT2D eigenvalue weighted by Gasteiger charge is 2.31. The maximum absolute atomic E-state index is 12.5. The van der Waals surface area contributed by atoms with Gasteiger partial charge in [-0.2, -0.15) is 0 Å². The number of nitrogens with zero attached hydrogens (tertiary/aromatic N) is 1. The summed E-state index contributed by atoms with van der Waals surface area (Å²) in [7, 11) is 1.60. The number of carbonyl (C=O) groups is 1. The van der Waals surface area contributed by atoms with E-state index in [1.807, 2.05) is 27.7 Å². The van der Waals surface area contributed by atoms with Crippen LogP contribution in [-0.4, -0.2) is 28.2 Å². The van der Waals surface area contributed by atoms with Crippen LogP contribution in [0.2, 0.25) is 0 Å². The van der Waals surface area contributed by atoms with Crippen LogP contribution in [0.15, 0.2) is 27.4 Å². The predicted molar refractivity (Wildman–Crippen MR) is 88.4 cm³/mol. The number of hydrogen-bond donors (Lipinski definition) is 2. The number of amides is 1. The molecule has 0 radical (unpaired) electrons. The van der Waals surface area contributed by atoms with E-state index in [-0.39, 0.29) is 17.4 Å². The fourth-order valence-electron chi connectivity index (χ4n) is 2.74. The van der Waals surface area contributed by atoms with Crippen LogP contribution in [0, 0.1) is 11.3 Å². The van der Waals surface area contributed by atoms with Crippen molar-refractivity contribution in [2.24, 2.45) is 18.4 Å². The topological polar surface area (TPSA) is 84.5 Å². The molecule has 1 unspecified atom stereocenters. The summed E-state index contributed by atoms with van der Waals surface area (Å²) >= 11 is 0. The quantitative estimate of drug-likeness (QED) is 0.881. The molecule has 6 nitrogen and oxygen atoms in total. The van der Waals surface area contributed by atoms with E-state index in [0.29, 0.717) is 17.6 Å². The van der Waals surface area contributed by atoms with Gasteiger partial charge in [0.2, 0.25) is 0 Å². The number of aliphatic hydroxyl groups is 1. The van der Waals surface area contributed by atoms with E-state index in [9.17, 15) is 14.7 Å². The van der Waals surface area contributed by atoms with Crippen molar-refractivity contribution in [3.63, 3.8) is 0 Å². The molecule has 0 saturated carbocycles. The molecular formula is C17H24N2O4. The third kappa shape index (κ3) is 3.32. The lowest BCUT2D eigenvalue weighted by Crippen LogP contribution is -2.43. The van der Waals surface area contributed by atoms with Gasteiger partial charge in [-0.1, -0.05) is 33.8 Å². The summed E-state index contributed by atoms with van der Waals surface area (Å²) in [5.41, 5.74) is 0.703. The Kier molecular flexibility index (Phi) is 4.66. The molecule has 6 heteroatoms. The zero-order valence-corrected chi connectivity index (χ0v) is 14.2. The van der Waals surface area contributed by atoms with Crippen molar-refractivity contribution >= 4 is 17.0 Å². The van der Waals surface area contributed by atoms with Crippen molar-refractivity contribution in [1.82, 2.24) is 9.88 Å². The molecule has 23 heavy (non-hydrogen) atoms. The second-order valence-electron chi connectivity index (χ2n) is 6.94. The first-order valence-electron chi connectivity index (χ1n) is 7.70. The van der Waals surface area contributed by atoms with Gasteiger partial charge in [0, 0.05) is 19.0 Å². The van der Waals surface area contributed by atoms with Gasteiger partial charge in [-0.25, -0.2) is 4.79 Å². The van der Waals surface area contributed by atoms with Gasteiger partial charge < -0.3 is 14.8 Å². The Morgan fingerprint density at radius 3 is 2.65 bits per heavy atom. The number of rotatable bonds is 5. The molecular weight excluding hydrogens is 296 g/mol. The summed E-state index contributed by atoms with van der Waals surface area (Å²) in [5, 5.41) is 13.1. The molecule has 126 valence electrons. The SMILES string of the molecule is CC(C)C(O)C(C)(C)CNC(=O)c1cccc2c1oc(=O)n2C. The minimum Gasteiger partial charge on any atom is -0.407 e. The van der Waals surface area contributed by atoms with Crippen molar-refractivity contribution in [1.29, 1.82) is 0 Å². The third-order valence-electron chi connectivity index (χ3n) is 4.20. The Hall–Kier alpha value is -2.08. The lowest BCUT2D eigenvalue weighted by Gasteiger charge is -2.33. The summed E-state index contributed by atoms with van der Waals surface area (Å²) in [6, 6.07) is 5.05. The van der Waals surface area contributed by atoms with Gasteiger partial charge in [0.15, 0.2) is 5.58 Å². The highest BCUT2D eigenvalue weighted by Crippen LogP contribution is 2.25. The maximum atomic E-state index is 12.5. The van der Waals surface area contributed by atoms with E-state index in [0.717, 1.165) is 0 Å². The fraction of sp³-hybridized carbons (Fsp3) is 0.529. The number of nitrogens with one attached hydrogen (secondary N) is 1. The van der Waals surface area contributed by atoms with Gasteiger partial charge in [-0.05, 0) is 18.1 Å². The van der Waals surface area contributed by atoms with Crippen LogP contribution in [0.1, 0.15) is 38.1 Å². The van der Waals surface area contributed by atoms with Gasteiger partial charge in [0.1, 0.15) is 0 Å². The van der Waals surface area contributed by atoms with Crippen LogP contribution in [0.25, 0.3) is 11.1 Å². The van der Waals surface area contributed by atoms with Gasteiger partial charge in [-0.3, -0.25) is 9.36 Å². The Balaban J connectivity index is 2.22. The monoisotopic (exact) mass is 320 g/mol. The van der Waals surface area contributed by atoms with E-state index in [1.165, 1.54) is 4.57 Å². The highest BCUT2D eigenvalue weighted by molar-refractivity contribution is 6.04. The molecule has 2 rings (SSSR count). The molecule has 1 amide bonds. The highest BCUT2D eigenvalue weighted by atomic mass is 16.4. The molecule has 0 spiro atoms. The Morgan fingerprint density at radius 1 is 1.39 bits per heavy atom. The lowest BCUT2D eigenvalue weighted by molar-refractivity contribution is 0.0138. The number of oxazole rings is 1. The number of fused-ring (bicyclic) bond motifs is 1. The van der Waals surface area contributed by atoms with Crippen LogP contribution in [0.3, 0.4) is 0 Å². The summed E-state index contributed by atoms with van der Waals surface area (Å²) in [6.45, 7) is 8.00. The van der Waals surface area contributed by atoms with E-state index in [1.54, 1.807) is 25.2 Å². The summed E-state index contributed by atoms with van der Waals surface area (Å²) in [5.74, 6) is -0.734. The van der Waals surface area contributed by atoms with Gasteiger partial charge >= 0.3 is 5.76 Å². The molecule has 2 N–H and O–H groups in total. The Labute approximate surface area is 135 Å². The molecule has 0 saturated heterocycles. The van der Waals surface area contributed by atoms with Gasteiger partial charge in [-0.15, -0.1) is 0 Å². The fourth-order valence-corrected chi connectivity index (χ4v) is 2.74. The summed E-state index contributed by atoms with van der Waals surface area (Å²) in [4.78, 5) is 24.1. The molecule has 1 aromatic carbocycles. The van der Waals surface area contributed by atoms with Crippen molar-refractivity contribution in [3.8, 4) is 0 Å². The van der Waals surface area contributed by atoms with Crippen LogP contribution in [-0.2, 0) is 7.05 Å². The van der Waals surface area contributed by atoms with Gasteiger partial charge in [0.25, 0.3) is 5.91 Å². The first-order valence-corrected chi connectivity index (χ1v) is 7.70. The molecule has 2 aromatic rings. The van der Waals surface area contributed by atoms with E-state index in [4.69, 9.17) is 4.42 Å². The lowest BCUT2D eigenvalue weighted by atomic mass is 9.80. The van der Waals surface area contributed by atoms with Crippen molar-refractivity contribution in [2.45, 2.75) is 33.8 Å². The van der Waals surface area contributed by atoms with Crippen LogP contribution < -0.4 is 11.1 Å². The first kappa shape index (κ1) is 17.3. The molecule has 0 fully saturated rings. The normalized spacial score (nSPS) is 13.5. The average Bonchev–Trinajstić information content (AvgIpc) is 2.79. The van der Waals surface area contributed by atoms with Crippen LogP contribution >= 0.6 is 0 Å². The second kappa shape index (κ2) is 6.20. The number of hydrogen-bond acceptors (Lipinski definition) is 4. The number of carbonyl (C=O) groups excluding carboxylic acids is 1. The third-order valence-corrected chi connectivity index (χ3v) is 4.20. The first-order chi connectivity index (χ1) is 10.6. The number of benzene rings is 1. The molecule has 1 atom stereocenters. The molecule has 0 bridgehead atoms. The molecule has 0 aliphatic heterocycles. The predicted octanol–water partition coefficient (Wildman–Crippen LogP) is 1.90. The molecule has 0 aliphatic rings. The number of aliphatic hydroxyl groups excluding tert-OH is 1. The number of para-hydroxylation sites is 1. The zero-order valence-electron chi connectivity index (χ0n) is 14.2. The minimum absolute atomic E-state index is 0.0949. The van der Waals surface area contributed by atoms with Crippen LogP contribution in [0.5, 0.6) is 0 Å². The smallest absolute Gasteiger partial charge is 0.407 e. The van der Waals surface area contributed by atoms with E-state index >= 15 is 0 Å². The average molecular weight is 320 g/mol. The summed E-state index contributed by atoms with van der Waals surface area (Å²) in [6.07, 6.45) is -0.534. The van der Waals surface area contributed by atoms with Crippen molar-refractivity contribution in [3.05, 3.63) is 34.3 Å². The largest absolute Gasteiger partial charge is 0.419 e. The summed E-state index contributed by atoms with van der Waals surface area (Å²) < 4.78 is 6.53. The van der Waals surface area contributed by atoms with Crippen molar-refractivity contribution < 1.29 is 14.3 Å². The molecule has 0 aliphatic carbocycles. The van der Waals surface area contributed by atoms with Crippen LogP contribution in [0.4, 0.5) is 0 Å². The minimum atomic E-state index is -0.534. The molecule has 1 heterocycles. The Bertz CT molecular complexity index is 770. The second-order valence-corrected chi connectivity index (χ2v) is 6.94. The Morgan fingerprint density at radius 2 is 2.04 bits per heavy atom. The number of aryl methyl sites for hydroxylation is 1. The van der Waals surface area contributed by atoms with Gasteiger partial charge in [0.05, 0.1) is 17.2 Å². The maximum Gasteiger partial charge on any atom is 0.419 e. The molecule has 1 aromatic heterocycles.